The molecule has 0 saturated carbocycles. The second-order valence-electron chi connectivity index (χ2n) is 6.38. The quantitative estimate of drug-likeness (QED) is 0.867. The van der Waals surface area contributed by atoms with E-state index >= 15 is 0 Å². The van der Waals surface area contributed by atoms with Gasteiger partial charge in [-0.05, 0) is 39.5 Å². The number of hydrogen-bond acceptors (Lipinski definition) is 3. The summed E-state index contributed by atoms with van der Waals surface area (Å²) in [6.07, 6.45) is -2.89. The molecule has 0 radical (unpaired) electrons. The molecule has 5 nitrogen and oxygen atoms in total. The van der Waals surface area contributed by atoms with E-state index in [0.29, 0.717) is 25.9 Å². The van der Waals surface area contributed by atoms with E-state index in [9.17, 15) is 18.4 Å². The van der Waals surface area contributed by atoms with Crippen molar-refractivity contribution in [1.29, 1.82) is 0 Å². The highest BCUT2D eigenvalue weighted by Gasteiger charge is 2.35. The topological polar surface area (TPSA) is 66.8 Å². The first-order valence-electron chi connectivity index (χ1n) is 7.09. The van der Waals surface area contributed by atoms with E-state index in [4.69, 9.17) is 9.84 Å². The van der Waals surface area contributed by atoms with Gasteiger partial charge in [0.05, 0.1) is 5.92 Å². The summed E-state index contributed by atoms with van der Waals surface area (Å²) in [4.78, 5) is 24.5. The van der Waals surface area contributed by atoms with Crippen molar-refractivity contribution >= 4 is 12.1 Å². The number of likely N-dealkylation sites (tertiary alicyclic amines) is 1. The lowest BCUT2D eigenvalue weighted by Crippen LogP contribution is -2.43. The van der Waals surface area contributed by atoms with Crippen molar-refractivity contribution < 1.29 is 28.2 Å². The third-order valence-electron chi connectivity index (χ3n) is 3.51. The Morgan fingerprint density at radius 2 is 1.81 bits per heavy atom. The van der Waals surface area contributed by atoms with Crippen LogP contribution in [0.25, 0.3) is 0 Å². The molecule has 1 unspecified atom stereocenters. The van der Waals surface area contributed by atoms with Gasteiger partial charge in [-0.2, -0.15) is 0 Å². The smallest absolute Gasteiger partial charge is 0.410 e. The van der Waals surface area contributed by atoms with Crippen molar-refractivity contribution in [3.63, 3.8) is 0 Å². The largest absolute Gasteiger partial charge is 0.481 e. The molecule has 1 atom stereocenters. The Labute approximate surface area is 123 Å². The zero-order valence-electron chi connectivity index (χ0n) is 12.6. The number of carbonyl (C=O) groups is 2. The molecule has 0 aromatic heterocycles. The number of halogens is 2. The Bertz CT molecular complexity index is 374. The summed E-state index contributed by atoms with van der Waals surface area (Å²) in [5.74, 6) is -2.56. The number of aliphatic carboxylic acids is 1. The lowest BCUT2D eigenvalue weighted by atomic mass is 9.82. The van der Waals surface area contributed by atoms with Crippen LogP contribution in [0.5, 0.6) is 0 Å². The fourth-order valence-corrected chi connectivity index (χ4v) is 2.50. The van der Waals surface area contributed by atoms with E-state index in [1.807, 2.05) is 0 Å². The number of alkyl halides is 2. The zero-order valence-corrected chi connectivity index (χ0v) is 12.6. The molecule has 1 amide bonds. The number of piperidine rings is 1. The maximum absolute atomic E-state index is 12.4. The van der Waals surface area contributed by atoms with Crippen molar-refractivity contribution in [2.24, 2.45) is 11.8 Å². The molecule has 1 N–H and O–H groups in total. The van der Waals surface area contributed by atoms with Gasteiger partial charge in [0.1, 0.15) is 5.60 Å². The second-order valence-corrected chi connectivity index (χ2v) is 6.38. The minimum Gasteiger partial charge on any atom is -0.481 e. The van der Waals surface area contributed by atoms with E-state index in [-0.39, 0.29) is 5.92 Å². The van der Waals surface area contributed by atoms with E-state index < -0.39 is 36.4 Å². The Balaban J connectivity index is 2.54. The summed E-state index contributed by atoms with van der Waals surface area (Å²) in [5.41, 5.74) is -0.590. The van der Waals surface area contributed by atoms with Crippen LogP contribution in [-0.2, 0) is 9.53 Å². The molecule has 0 aromatic rings. The molecule has 0 bridgehead atoms. The molecule has 0 spiro atoms. The van der Waals surface area contributed by atoms with Gasteiger partial charge in [0.25, 0.3) is 0 Å². The van der Waals surface area contributed by atoms with Crippen LogP contribution in [0.2, 0.25) is 0 Å². The van der Waals surface area contributed by atoms with Gasteiger partial charge in [-0.3, -0.25) is 4.79 Å². The lowest BCUT2D eigenvalue weighted by Gasteiger charge is -2.35. The summed E-state index contributed by atoms with van der Waals surface area (Å²) in [7, 11) is 0. The number of carboxylic acid groups (broad SMARTS) is 1. The van der Waals surface area contributed by atoms with Crippen LogP contribution in [0, 0.1) is 11.8 Å². The van der Waals surface area contributed by atoms with Gasteiger partial charge < -0.3 is 14.7 Å². The maximum atomic E-state index is 12.4. The molecule has 1 aliphatic heterocycles. The predicted octanol–water partition coefficient (Wildman–Crippen LogP) is 2.99. The minimum absolute atomic E-state index is 0.324. The number of ether oxygens (including phenoxy) is 1. The standard InChI is InChI=1S/C14H23F2NO4/c1-14(2,3)21-13(20)17-6-4-9(5-7-17)10(12(18)19)8-11(15)16/h9-11H,4-8H2,1-3H3,(H,18,19). The van der Waals surface area contributed by atoms with Crippen LogP contribution in [-0.4, -0.2) is 47.2 Å². The van der Waals surface area contributed by atoms with E-state index in [0.717, 1.165) is 0 Å². The Morgan fingerprint density at radius 3 is 2.19 bits per heavy atom. The SMILES string of the molecule is CC(C)(C)OC(=O)N1CCC(C(CC(F)F)C(=O)O)CC1. The average molecular weight is 307 g/mol. The molecule has 7 heteroatoms. The highest BCUT2D eigenvalue weighted by molar-refractivity contribution is 5.71. The fourth-order valence-electron chi connectivity index (χ4n) is 2.50. The van der Waals surface area contributed by atoms with Gasteiger partial charge in [0, 0.05) is 19.5 Å². The Kier molecular flexibility index (Phi) is 5.92. The zero-order chi connectivity index (χ0) is 16.2. The van der Waals surface area contributed by atoms with Crippen LogP contribution in [0.4, 0.5) is 13.6 Å². The minimum atomic E-state index is -2.63. The first-order chi connectivity index (χ1) is 9.60. The predicted molar refractivity (Wildman–Crippen MR) is 72.3 cm³/mol. The first-order valence-corrected chi connectivity index (χ1v) is 7.09. The molecule has 122 valence electrons. The van der Waals surface area contributed by atoms with Crippen LogP contribution in [0.15, 0.2) is 0 Å². The lowest BCUT2D eigenvalue weighted by molar-refractivity contribution is -0.146. The highest BCUT2D eigenvalue weighted by atomic mass is 19.3. The third kappa shape index (κ3) is 5.85. The molecule has 0 aliphatic carbocycles. The van der Waals surface area contributed by atoms with Crippen molar-refractivity contribution in [2.75, 3.05) is 13.1 Å². The second kappa shape index (κ2) is 7.04. The van der Waals surface area contributed by atoms with Gasteiger partial charge in [-0.1, -0.05) is 0 Å². The molecule has 0 aromatic carbocycles. The summed E-state index contributed by atoms with van der Waals surface area (Å²) in [5, 5.41) is 9.06. The number of carboxylic acids is 1. The number of rotatable bonds is 4. The number of amides is 1. The first kappa shape index (κ1) is 17.7. The molecule has 1 rings (SSSR count). The molecule has 21 heavy (non-hydrogen) atoms. The monoisotopic (exact) mass is 307 g/mol. The molecule has 1 aliphatic rings. The molecular formula is C14H23F2NO4. The normalized spacial score (nSPS) is 18.7. The van der Waals surface area contributed by atoms with E-state index in [1.54, 1.807) is 20.8 Å². The van der Waals surface area contributed by atoms with Crippen molar-refractivity contribution in [3.05, 3.63) is 0 Å². The third-order valence-corrected chi connectivity index (χ3v) is 3.51. The van der Waals surface area contributed by atoms with Gasteiger partial charge >= 0.3 is 12.1 Å². The summed E-state index contributed by atoms with van der Waals surface area (Å²) in [6, 6.07) is 0. The Hall–Kier alpha value is -1.40. The van der Waals surface area contributed by atoms with Crippen LogP contribution >= 0.6 is 0 Å². The van der Waals surface area contributed by atoms with E-state index in [1.165, 1.54) is 4.90 Å². The van der Waals surface area contributed by atoms with Gasteiger partial charge in [-0.25, -0.2) is 13.6 Å². The van der Waals surface area contributed by atoms with Gasteiger partial charge in [0.2, 0.25) is 6.43 Å². The summed E-state index contributed by atoms with van der Waals surface area (Å²) >= 11 is 0. The van der Waals surface area contributed by atoms with Crippen LogP contribution in [0.1, 0.15) is 40.0 Å². The number of nitrogens with zero attached hydrogens (tertiary/aromatic N) is 1. The summed E-state index contributed by atoms with van der Waals surface area (Å²) < 4.78 is 30.1. The molecule has 1 fully saturated rings. The average Bonchev–Trinajstić information content (AvgIpc) is 2.33. The van der Waals surface area contributed by atoms with Crippen molar-refractivity contribution in [2.45, 2.75) is 52.1 Å². The molecule has 1 saturated heterocycles. The maximum Gasteiger partial charge on any atom is 0.410 e. The van der Waals surface area contributed by atoms with Crippen LogP contribution < -0.4 is 0 Å². The molecular weight excluding hydrogens is 284 g/mol. The van der Waals surface area contributed by atoms with Crippen LogP contribution in [0.3, 0.4) is 0 Å². The number of carbonyl (C=O) groups excluding carboxylic acids is 1. The highest BCUT2D eigenvalue weighted by Crippen LogP contribution is 2.30. The number of hydrogen-bond donors (Lipinski definition) is 1. The summed E-state index contributed by atoms with van der Waals surface area (Å²) in [6.45, 7) is 5.97. The van der Waals surface area contributed by atoms with Gasteiger partial charge in [-0.15, -0.1) is 0 Å². The molecule has 1 heterocycles. The van der Waals surface area contributed by atoms with Gasteiger partial charge in [0.15, 0.2) is 0 Å². The van der Waals surface area contributed by atoms with E-state index in [2.05, 4.69) is 0 Å². The fraction of sp³-hybridized carbons (Fsp3) is 0.857. The van der Waals surface area contributed by atoms with Crippen molar-refractivity contribution in [1.82, 2.24) is 4.90 Å². The van der Waals surface area contributed by atoms with Crippen molar-refractivity contribution in [3.8, 4) is 0 Å². The Morgan fingerprint density at radius 1 is 1.29 bits per heavy atom.